The molecule has 2 rings (SSSR count). The van der Waals surface area contributed by atoms with Crippen LogP contribution in [-0.4, -0.2) is 26.8 Å². The third-order valence-electron chi connectivity index (χ3n) is 5.05. The number of hydrogen-bond donors (Lipinski definition) is 1. The van der Waals surface area contributed by atoms with Gasteiger partial charge in [0, 0.05) is 6.04 Å². The standard InChI is InChI=1S/C19H30FNO2S/c1-19(2,3)17-7-4-5-8-18(17)21-13-6-14-24(22,23)16-11-9-15(20)10-12-16/h9-12,17-18,21H,4-8,13-14H2,1-3H3. The van der Waals surface area contributed by atoms with Crippen molar-refractivity contribution in [2.24, 2.45) is 11.3 Å². The van der Waals surface area contributed by atoms with Gasteiger partial charge in [-0.2, -0.15) is 0 Å². The van der Waals surface area contributed by atoms with E-state index in [4.69, 9.17) is 0 Å². The van der Waals surface area contributed by atoms with Crippen molar-refractivity contribution in [2.45, 2.75) is 63.8 Å². The molecule has 3 nitrogen and oxygen atoms in total. The summed E-state index contributed by atoms with van der Waals surface area (Å²) in [5.74, 6) is 0.319. The highest BCUT2D eigenvalue weighted by atomic mass is 32.2. The fraction of sp³-hybridized carbons (Fsp3) is 0.684. The van der Waals surface area contributed by atoms with Gasteiger partial charge >= 0.3 is 0 Å². The van der Waals surface area contributed by atoms with Crippen LogP contribution in [0.2, 0.25) is 0 Å². The Balaban J connectivity index is 1.84. The van der Waals surface area contributed by atoms with E-state index in [1.165, 1.54) is 49.9 Å². The van der Waals surface area contributed by atoms with E-state index in [0.29, 0.717) is 24.9 Å². The molecule has 0 aromatic heterocycles. The predicted molar refractivity (Wildman–Crippen MR) is 96.3 cm³/mol. The summed E-state index contributed by atoms with van der Waals surface area (Å²) in [5, 5.41) is 3.59. The SMILES string of the molecule is CC(C)(C)C1CCCCC1NCCCS(=O)(=O)c1ccc(F)cc1. The molecule has 0 aliphatic heterocycles. The number of benzene rings is 1. The molecule has 1 aromatic carbocycles. The Morgan fingerprint density at radius 2 is 1.75 bits per heavy atom. The molecule has 1 aromatic rings. The van der Waals surface area contributed by atoms with E-state index in [2.05, 4.69) is 26.1 Å². The molecular weight excluding hydrogens is 325 g/mol. The highest BCUT2D eigenvalue weighted by Gasteiger charge is 2.33. The molecular formula is C19H30FNO2S. The molecule has 136 valence electrons. The van der Waals surface area contributed by atoms with E-state index in [-0.39, 0.29) is 16.1 Å². The van der Waals surface area contributed by atoms with Crippen molar-refractivity contribution < 1.29 is 12.8 Å². The summed E-state index contributed by atoms with van der Waals surface area (Å²) in [4.78, 5) is 0.203. The maximum absolute atomic E-state index is 12.9. The van der Waals surface area contributed by atoms with Gasteiger partial charge in [-0.3, -0.25) is 0 Å². The van der Waals surface area contributed by atoms with Crippen LogP contribution in [-0.2, 0) is 9.84 Å². The molecule has 0 saturated heterocycles. The molecule has 24 heavy (non-hydrogen) atoms. The van der Waals surface area contributed by atoms with Gasteiger partial charge in [0.25, 0.3) is 0 Å². The second kappa shape index (κ2) is 7.96. The van der Waals surface area contributed by atoms with Gasteiger partial charge in [0.1, 0.15) is 5.82 Å². The van der Waals surface area contributed by atoms with Gasteiger partial charge in [0.05, 0.1) is 10.6 Å². The van der Waals surface area contributed by atoms with E-state index >= 15 is 0 Å². The molecule has 1 N–H and O–H groups in total. The Bertz CT molecular complexity index is 620. The van der Waals surface area contributed by atoms with E-state index in [9.17, 15) is 12.8 Å². The molecule has 1 saturated carbocycles. The lowest BCUT2D eigenvalue weighted by Crippen LogP contribution is -2.44. The van der Waals surface area contributed by atoms with Crippen LogP contribution in [0.25, 0.3) is 0 Å². The van der Waals surface area contributed by atoms with Crippen LogP contribution in [0.5, 0.6) is 0 Å². The summed E-state index contributed by atoms with van der Waals surface area (Å²) in [6.45, 7) is 7.57. The number of nitrogens with one attached hydrogen (secondary N) is 1. The number of rotatable bonds is 6. The zero-order chi connectivity index (χ0) is 17.8. The first-order chi connectivity index (χ1) is 11.2. The van der Waals surface area contributed by atoms with E-state index in [1.807, 2.05) is 0 Å². The fourth-order valence-electron chi connectivity index (χ4n) is 3.72. The summed E-state index contributed by atoms with van der Waals surface area (Å²) in [6.07, 6.45) is 5.53. The van der Waals surface area contributed by atoms with Crippen LogP contribution < -0.4 is 5.32 Å². The third kappa shape index (κ3) is 5.28. The average Bonchev–Trinajstić information content (AvgIpc) is 2.51. The molecule has 1 aliphatic carbocycles. The smallest absolute Gasteiger partial charge is 0.178 e. The number of hydrogen-bond acceptors (Lipinski definition) is 3. The second-order valence-corrected chi connectivity index (χ2v) is 10.1. The van der Waals surface area contributed by atoms with E-state index in [1.54, 1.807) is 0 Å². The fourth-order valence-corrected chi connectivity index (χ4v) is 5.03. The summed E-state index contributed by atoms with van der Waals surface area (Å²) in [6, 6.07) is 5.55. The first-order valence-electron chi connectivity index (χ1n) is 8.92. The van der Waals surface area contributed by atoms with Crippen LogP contribution >= 0.6 is 0 Å². The van der Waals surface area contributed by atoms with Crippen molar-refractivity contribution in [3.8, 4) is 0 Å². The van der Waals surface area contributed by atoms with Crippen molar-refractivity contribution in [3.63, 3.8) is 0 Å². The highest BCUT2D eigenvalue weighted by molar-refractivity contribution is 7.91. The molecule has 1 fully saturated rings. The molecule has 2 unspecified atom stereocenters. The van der Waals surface area contributed by atoms with Gasteiger partial charge in [-0.05, 0) is 61.4 Å². The molecule has 0 amide bonds. The normalized spacial score (nSPS) is 22.5. The lowest BCUT2D eigenvalue weighted by Gasteiger charge is -2.41. The van der Waals surface area contributed by atoms with Gasteiger partial charge in [0.15, 0.2) is 9.84 Å². The number of halogens is 1. The number of sulfone groups is 1. The van der Waals surface area contributed by atoms with Gasteiger partial charge in [-0.25, -0.2) is 12.8 Å². The monoisotopic (exact) mass is 355 g/mol. The van der Waals surface area contributed by atoms with Crippen molar-refractivity contribution in [1.29, 1.82) is 0 Å². The highest BCUT2D eigenvalue weighted by Crippen LogP contribution is 2.37. The lowest BCUT2D eigenvalue weighted by molar-refractivity contribution is 0.131. The summed E-state index contributed by atoms with van der Waals surface area (Å²) >= 11 is 0. The maximum Gasteiger partial charge on any atom is 0.178 e. The van der Waals surface area contributed by atoms with Crippen molar-refractivity contribution in [2.75, 3.05) is 12.3 Å². The molecule has 0 bridgehead atoms. The maximum atomic E-state index is 12.9. The van der Waals surface area contributed by atoms with Crippen LogP contribution in [0.3, 0.4) is 0 Å². The first kappa shape index (κ1) is 19.4. The Morgan fingerprint density at radius 1 is 1.12 bits per heavy atom. The average molecular weight is 356 g/mol. The summed E-state index contributed by atoms with van der Waals surface area (Å²) in [7, 11) is -3.33. The largest absolute Gasteiger partial charge is 0.314 e. The van der Waals surface area contributed by atoms with Gasteiger partial charge in [-0.1, -0.05) is 33.6 Å². The molecule has 2 atom stereocenters. The summed E-state index contributed by atoms with van der Waals surface area (Å²) < 4.78 is 37.5. The Morgan fingerprint density at radius 3 is 2.38 bits per heavy atom. The Labute approximate surface area is 146 Å². The third-order valence-corrected chi connectivity index (χ3v) is 6.86. The minimum atomic E-state index is -3.33. The lowest BCUT2D eigenvalue weighted by atomic mass is 9.69. The van der Waals surface area contributed by atoms with Crippen LogP contribution in [0.15, 0.2) is 29.2 Å². The first-order valence-corrected chi connectivity index (χ1v) is 10.6. The minimum absolute atomic E-state index is 0.0958. The van der Waals surface area contributed by atoms with Crippen molar-refractivity contribution in [1.82, 2.24) is 5.32 Å². The van der Waals surface area contributed by atoms with Gasteiger partial charge in [0.2, 0.25) is 0 Å². The minimum Gasteiger partial charge on any atom is -0.314 e. The topological polar surface area (TPSA) is 46.2 Å². The van der Waals surface area contributed by atoms with Crippen LogP contribution in [0.1, 0.15) is 52.9 Å². The predicted octanol–water partition coefficient (Wildman–Crippen LogP) is 4.18. The van der Waals surface area contributed by atoms with Crippen molar-refractivity contribution >= 4 is 9.84 Å². The zero-order valence-corrected chi connectivity index (χ0v) is 15.8. The zero-order valence-electron chi connectivity index (χ0n) is 15.0. The summed E-state index contributed by atoms with van der Waals surface area (Å²) in [5.41, 5.74) is 0.276. The Hall–Kier alpha value is -0.940. The van der Waals surface area contributed by atoms with Gasteiger partial charge < -0.3 is 5.32 Å². The second-order valence-electron chi connectivity index (χ2n) is 7.94. The Kier molecular flexibility index (Phi) is 6.43. The molecule has 0 spiro atoms. The van der Waals surface area contributed by atoms with Gasteiger partial charge in [-0.15, -0.1) is 0 Å². The van der Waals surface area contributed by atoms with E-state index in [0.717, 1.165) is 0 Å². The molecule has 0 radical (unpaired) electrons. The van der Waals surface area contributed by atoms with Crippen molar-refractivity contribution in [3.05, 3.63) is 30.1 Å². The van der Waals surface area contributed by atoms with Crippen LogP contribution in [0.4, 0.5) is 4.39 Å². The van der Waals surface area contributed by atoms with E-state index < -0.39 is 15.7 Å². The quantitative estimate of drug-likeness (QED) is 0.615. The van der Waals surface area contributed by atoms with Crippen LogP contribution in [0, 0.1) is 17.2 Å². The molecule has 5 heteroatoms. The molecule has 1 aliphatic rings. The molecule has 0 heterocycles.